The normalized spacial score (nSPS) is 26.4. The average Bonchev–Trinajstić information content (AvgIpc) is 3.12. The molecule has 1 aliphatic carbocycles. The summed E-state index contributed by atoms with van der Waals surface area (Å²) in [4.78, 5) is 14.6. The molecule has 1 saturated carbocycles. The summed E-state index contributed by atoms with van der Waals surface area (Å²) in [5, 5.41) is 14.4. The topological polar surface area (TPSA) is 77.3 Å². The third-order valence-electron chi connectivity index (χ3n) is 3.58. The van der Waals surface area contributed by atoms with Gasteiger partial charge in [-0.3, -0.25) is 10.1 Å². The molecule has 1 N–H and O–H groups in total. The van der Waals surface area contributed by atoms with Crippen LogP contribution in [-0.4, -0.2) is 28.7 Å². The van der Waals surface area contributed by atoms with Gasteiger partial charge in [0.1, 0.15) is 0 Å². The Morgan fingerprint density at radius 2 is 2.26 bits per heavy atom. The minimum Gasteiger partial charge on any atom is -0.376 e. The van der Waals surface area contributed by atoms with Gasteiger partial charge in [0.2, 0.25) is 5.82 Å². The summed E-state index contributed by atoms with van der Waals surface area (Å²) in [6.45, 7) is 0.695. The van der Waals surface area contributed by atoms with Gasteiger partial charge in [0.25, 0.3) is 0 Å². The van der Waals surface area contributed by atoms with Crippen molar-refractivity contribution in [2.45, 2.75) is 31.4 Å². The first kappa shape index (κ1) is 12.6. The molecule has 1 aliphatic heterocycles. The molecular formula is C12H14ClN3O3. The molecule has 6 nitrogen and oxygen atoms in total. The summed E-state index contributed by atoms with van der Waals surface area (Å²) in [7, 11) is 0. The highest BCUT2D eigenvalue weighted by Gasteiger charge is 2.41. The standard InChI is InChI=1S/C12H14ClN3O3/c13-8-5-10(16(17)18)12(14-6-8)15-9-3-4-19-11(9)7-1-2-7/h5-7,9,11H,1-4H2,(H,14,15). The van der Waals surface area contributed by atoms with Crippen LogP contribution in [0.4, 0.5) is 11.5 Å². The molecule has 2 atom stereocenters. The van der Waals surface area contributed by atoms with E-state index in [0.717, 1.165) is 6.42 Å². The van der Waals surface area contributed by atoms with Gasteiger partial charge in [0, 0.05) is 18.9 Å². The summed E-state index contributed by atoms with van der Waals surface area (Å²) in [6, 6.07) is 1.42. The zero-order valence-electron chi connectivity index (χ0n) is 10.2. The summed E-state index contributed by atoms with van der Waals surface area (Å²) >= 11 is 5.75. The summed E-state index contributed by atoms with van der Waals surface area (Å²) in [5.41, 5.74) is -0.0889. The van der Waals surface area contributed by atoms with E-state index in [1.54, 1.807) is 0 Å². The van der Waals surface area contributed by atoms with Crippen LogP contribution in [0.25, 0.3) is 0 Å². The fourth-order valence-electron chi connectivity index (χ4n) is 2.51. The molecule has 0 radical (unpaired) electrons. The number of rotatable bonds is 4. The first-order chi connectivity index (χ1) is 9.15. The van der Waals surface area contributed by atoms with E-state index in [1.165, 1.54) is 25.1 Å². The summed E-state index contributed by atoms with van der Waals surface area (Å²) < 4.78 is 5.70. The third-order valence-corrected chi connectivity index (χ3v) is 3.78. The second kappa shape index (κ2) is 4.94. The molecular weight excluding hydrogens is 270 g/mol. The Bertz CT molecular complexity index is 507. The van der Waals surface area contributed by atoms with Crippen molar-refractivity contribution >= 4 is 23.1 Å². The molecule has 0 bridgehead atoms. The van der Waals surface area contributed by atoms with Gasteiger partial charge in [-0.2, -0.15) is 0 Å². The molecule has 2 aliphatic rings. The lowest BCUT2D eigenvalue weighted by molar-refractivity contribution is -0.384. The molecule has 7 heteroatoms. The fraction of sp³-hybridized carbons (Fsp3) is 0.583. The molecule has 1 aromatic heterocycles. The van der Waals surface area contributed by atoms with Gasteiger partial charge in [-0.05, 0) is 25.2 Å². The largest absolute Gasteiger partial charge is 0.376 e. The van der Waals surface area contributed by atoms with Gasteiger partial charge >= 0.3 is 5.69 Å². The third kappa shape index (κ3) is 2.64. The number of ether oxygens (including phenoxy) is 1. The Morgan fingerprint density at radius 1 is 1.47 bits per heavy atom. The van der Waals surface area contributed by atoms with Crippen molar-refractivity contribution in [1.82, 2.24) is 4.98 Å². The number of aromatic nitrogens is 1. The Kier molecular flexibility index (Phi) is 3.28. The van der Waals surface area contributed by atoms with Gasteiger partial charge in [0.15, 0.2) is 0 Å². The lowest BCUT2D eigenvalue weighted by Gasteiger charge is -2.19. The highest BCUT2D eigenvalue weighted by atomic mass is 35.5. The van der Waals surface area contributed by atoms with E-state index >= 15 is 0 Å². The number of anilines is 1. The van der Waals surface area contributed by atoms with Crippen molar-refractivity contribution in [1.29, 1.82) is 0 Å². The van der Waals surface area contributed by atoms with Gasteiger partial charge in [0.05, 0.1) is 22.1 Å². The van der Waals surface area contributed by atoms with E-state index in [-0.39, 0.29) is 28.7 Å². The minimum atomic E-state index is -0.469. The van der Waals surface area contributed by atoms with Gasteiger partial charge in [-0.1, -0.05) is 11.6 Å². The van der Waals surface area contributed by atoms with Crippen molar-refractivity contribution in [2.75, 3.05) is 11.9 Å². The van der Waals surface area contributed by atoms with E-state index in [4.69, 9.17) is 16.3 Å². The lowest BCUT2D eigenvalue weighted by atomic mass is 10.1. The highest BCUT2D eigenvalue weighted by Crippen LogP contribution is 2.40. The second-order valence-electron chi connectivity index (χ2n) is 4.99. The summed E-state index contributed by atoms with van der Waals surface area (Å²) in [5.74, 6) is 0.863. The van der Waals surface area contributed by atoms with Crippen LogP contribution in [0.15, 0.2) is 12.3 Å². The molecule has 2 fully saturated rings. The maximum atomic E-state index is 11.0. The monoisotopic (exact) mass is 283 g/mol. The van der Waals surface area contributed by atoms with E-state index in [1.807, 2.05) is 0 Å². The molecule has 1 saturated heterocycles. The molecule has 0 spiro atoms. The molecule has 0 aromatic carbocycles. The second-order valence-corrected chi connectivity index (χ2v) is 5.43. The number of nitrogens with zero attached hydrogens (tertiary/aromatic N) is 2. The smallest absolute Gasteiger partial charge is 0.312 e. The lowest BCUT2D eigenvalue weighted by Crippen LogP contribution is -2.31. The predicted octanol–water partition coefficient (Wildman–Crippen LogP) is 2.62. The summed E-state index contributed by atoms with van der Waals surface area (Å²) in [6.07, 6.45) is 4.77. The molecule has 1 aromatic rings. The van der Waals surface area contributed by atoms with Gasteiger partial charge in [-0.15, -0.1) is 0 Å². The Labute approximate surface area is 115 Å². The van der Waals surface area contributed by atoms with Crippen LogP contribution in [0.1, 0.15) is 19.3 Å². The molecule has 2 heterocycles. The average molecular weight is 284 g/mol. The van der Waals surface area contributed by atoms with E-state index < -0.39 is 4.92 Å². The number of halogens is 1. The van der Waals surface area contributed by atoms with Crippen LogP contribution in [-0.2, 0) is 4.74 Å². The number of nitro groups is 1. The van der Waals surface area contributed by atoms with Crippen LogP contribution in [0.2, 0.25) is 5.02 Å². The Hall–Kier alpha value is -1.40. The van der Waals surface area contributed by atoms with Crippen LogP contribution in [0, 0.1) is 16.0 Å². The van der Waals surface area contributed by atoms with E-state index in [2.05, 4.69) is 10.3 Å². The van der Waals surface area contributed by atoms with Crippen molar-refractivity contribution < 1.29 is 9.66 Å². The molecule has 102 valence electrons. The number of pyridine rings is 1. The molecule has 19 heavy (non-hydrogen) atoms. The minimum absolute atomic E-state index is 0.0889. The Balaban J connectivity index is 1.80. The fourth-order valence-corrected chi connectivity index (χ4v) is 2.66. The highest BCUT2D eigenvalue weighted by molar-refractivity contribution is 6.30. The molecule has 3 rings (SSSR count). The van der Waals surface area contributed by atoms with Gasteiger partial charge < -0.3 is 10.1 Å². The number of nitrogens with one attached hydrogen (secondary N) is 1. The molecule has 2 unspecified atom stereocenters. The maximum Gasteiger partial charge on any atom is 0.312 e. The van der Waals surface area contributed by atoms with Crippen LogP contribution < -0.4 is 5.32 Å². The van der Waals surface area contributed by atoms with Crippen LogP contribution in [0.5, 0.6) is 0 Å². The zero-order valence-corrected chi connectivity index (χ0v) is 11.0. The quantitative estimate of drug-likeness (QED) is 0.679. The van der Waals surface area contributed by atoms with Crippen LogP contribution >= 0.6 is 11.6 Å². The first-order valence-electron chi connectivity index (χ1n) is 6.33. The van der Waals surface area contributed by atoms with Crippen molar-refractivity contribution in [3.63, 3.8) is 0 Å². The SMILES string of the molecule is O=[N+]([O-])c1cc(Cl)cnc1NC1CCOC1C1CC1. The van der Waals surface area contributed by atoms with Crippen molar-refractivity contribution in [3.8, 4) is 0 Å². The van der Waals surface area contributed by atoms with Crippen molar-refractivity contribution in [3.05, 3.63) is 27.4 Å². The van der Waals surface area contributed by atoms with E-state index in [0.29, 0.717) is 12.5 Å². The van der Waals surface area contributed by atoms with Crippen LogP contribution in [0.3, 0.4) is 0 Å². The Morgan fingerprint density at radius 3 is 2.95 bits per heavy atom. The first-order valence-corrected chi connectivity index (χ1v) is 6.71. The maximum absolute atomic E-state index is 11.0. The number of hydrogen-bond donors (Lipinski definition) is 1. The predicted molar refractivity (Wildman–Crippen MR) is 70.4 cm³/mol. The van der Waals surface area contributed by atoms with E-state index in [9.17, 15) is 10.1 Å². The van der Waals surface area contributed by atoms with Crippen molar-refractivity contribution in [2.24, 2.45) is 5.92 Å². The molecule has 0 amide bonds. The van der Waals surface area contributed by atoms with Gasteiger partial charge in [-0.25, -0.2) is 4.98 Å². The zero-order chi connectivity index (χ0) is 13.4. The number of hydrogen-bond acceptors (Lipinski definition) is 5.